The number of aryl methyl sites for hydroxylation is 1. The maximum absolute atomic E-state index is 5.74. The van der Waals surface area contributed by atoms with Gasteiger partial charge in [0.25, 0.3) is 0 Å². The average molecular weight is 237 g/mol. The van der Waals surface area contributed by atoms with Crippen molar-refractivity contribution < 1.29 is 4.42 Å². The molecule has 1 aromatic heterocycles. The summed E-state index contributed by atoms with van der Waals surface area (Å²) in [6.45, 7) is 2.04. The zero-order chi connectivity index (χ0) is 11.5. The summed E-state index contributed by atoms with van der Waals surface area (Å²) >= 11 is 5.74. The fourth-order valence-corrected chi connectivity index (χ4v) is 1.74. The molecule has 0 aliphatic rings. The zero-order valence-corrected chi connectivity index (χ0v) is 9.66. The third-order valence-corrected chi connectivity index (χ3v) is 2.66. The Balaban J connectivity index is 2.32. The van der Waals surface area contributed by atoms with Crippen molar-refractivity contribution >= 4 is 11.6 Å². The molecule has 1 atom stereocenters. The van der Waals surface area contributed by atoms with E-state index in [1.165, 1.54) is 5.56 Å². The van der Waals surface area contributed by atoms with Crippen molar-refractivity contribution in [2.24, 2.45) is 5.84 Å². The van der Waals surface area contributed by atoms with Gasteiger partial charge in [-0.2, -0.15) is 0 Å². The Hall–Kier alpha value is -1.29. The highest BCUT2D eigenvalue weighted by Crippen LogP contribution is 2.25. The van der Waals surface area contributed by atoms with Crippen LogP contribution in [0.5, 0.6) is 0 Å². The monoisotopic (exact) mass is 236 g/mol. The molecule has 3 N–H and O–H groups in total. The van der Waals surface area contributed by atoms with Crippen LogP contribution >= 0.6 is 11.6 Å². The maximum atomic E-state index is 5.74. The summed E-state index contributed by atoms with van der Waals surface area (Å²) in [5.41, 5.74) is 4.96. The van der Waals surface area contributed by atoms with Gasteiger partial charge >= 0.3 is 0 Å². The van der Waals surface area contributed by atoms with E-state index in [4.69, 9.17) is 21.9 Å². The molecular formula is C12H13ClN2O. The van der Waals surface area contributed by atoms with Crippen LogP contribution in [0.4, 0.5) is 0 Å². The van der Waals surface area contributed by atoms with E-state index in [1.807, 2.05) is 37.3 Å². The molecule has 1 unspecified atom stereocenters. The van der Waals surface area contributed by atoms with Crippen LogP contribution in [0.2, 0.25) is 5.22 Å². The molecule has 3 nitrogen and oxygen atoms in total. The van der Waals surface area contributed by atoms with Gasteiger partial charge in [0.2, 0.25) is 0 Å². The van der Waals surface area contributed by atoms with Crippen LogP contribution in [-0.4, -0.2) is 0 Å². The molecule has 0 bridgehead atoms. The van der Waals surface area contributed by atoms with E-state index in [0.717, 1.165) is 5.56 Å². The van der Waals surface area contributed by atoms with Gasteiger partial charge in [-0.25, -0.2) is 5.43 Å². The van der Waals surface area contributed by atoms with Gasteiger partial charge < -0.3 is 4.42 Å². The maximum Gasteiger partial charge on any atom is 0.193 e. The zero-order valence-electron chi connectivity index (χ0n) is 8.91. The van der Waals surface area contributed by atoms with Crippen molar-refractivity contribution in [2.45, 2.75) is 13.0 Å². The first-order valence-corrected chi connectivity index (χ1v) is 5.36. The first-order valence-electron chi connectivity index (χ1n) is 4.98. The Morgan fingerprint density at radius 2 is 1.88 bits per heavy atom. The molecule has 0 saturated heterocycles. The molecule has 0 amide bonds. The number of benzene rings is 1. The number of nitrogens with two attached hydrogens (primary N) is 1. The molecule has 0 radical (unpaired) electrons. The van der Waals surface area contributed by atoms with Crippen LogP contribution in [0.15, 0.2) is 40.8 Å². The number of hydrazine groups is 1. The number of halogens is 1. The average Bonchev–Trinajstić information content (AvgIpc) is 2.69. The first kappa shape index (κ1) is 11.2. The molecule has 0 saturated carbocycles. The van der Waals surface area contributed by atoms with E-state index in [0.29, 0.717) is 11.0 Å². The molecule has 0 aliphatic carbocycles. The van der Waals surface area contributed by atoms with Gasteiger partial charge in [-0.05, 0) is 36.2 Å². The quantitative estimate of drug-likeness (QED) is 0.637. The number of nitrogens with one attached hydrogen (secondary N) is 1. The molecule has 0 spiro atoms. The van der Waals surface area contributed by atoms with Crippen LogP contribution < -0.4 is 11.3 Å². The highest BCUT2D eigenvalue weighted by atomic mass is 35.5. The van der Waals surface area contributed by atoms with Gasteiger partial charge in [0.1, 0.15) is 11.8 Å². The van der Waals surface area contributed by atoms with Crippen LogP contribution in [0.1, 0.15) is 22.9 Å². The second-order valence-corrected chi connectivity index (χ2v) is 4.02. The SMILES string of the molecule is Cc1ccc(C(NN)c2ccc(Cl)o2)cc1. The van der Waals surface area contributed by atoms with E-state index in [-0.39, 0.29) is 6.04 Å². The Morgan fingerprint density at radius 1 is 1.19 bits per heavy atom. The minimum absolute atomic E-state index is 0.173. The normalized spacial score (nSPS) is 12.7. The number of furan rings is 1. The third kappa shape index (κ3) is 2.27. The van der Waals surface area contributed by atoms with Gasteiger partial charge in [0.15, 0.2) is 5.22 Å². The lowest BCUT2D eigenvalue weighted by atomic mass is 10.0. The van der Waals surface area contributed by atoms with Crippen molar-refractivity contribution in [3.05, 3.63) is 58.5 Å². The van der Waals surface area contributed by atoms with Crippen LogP contribution in [0.3, 0.4) is 0 Å². The molecular weight excluding hydrogens is 224 g/mol. The molecule has 1 heterocycles. The van der Waals surface area contributed by atoms with E-state index in [9.17, 15) is 0 Å². The first-order chi connectivity index (χ1) is 7.70. The van der Waals surface area contributed by atoms with Crippen molar-refractivity contribution in [2.75, 3.05) is 0 Å². The lowest BCUT2D eigenvalue weighted by molar-refractivity contribution is 0.453. The number of rotatable bonds is 3. The smallest absolute Gasteiger partial charge is 0.193 e. The van der Waals surface area contributed by atoms with Gasteiger partial charge in [-0.15, -0.1) is 0 Å². The predicted octanol–water partition coefficient (Wildman–Crippen LogP) is 2.79. The Labute approximate surface area is 99.2 Å². The van der Waals surface area contributed by atoms with Gasteiger partial charge in [-0.3, -0.25) is 5.84 Å². The molecule has 16 heavy (non-hydrogen) atoms. The molecule has 2 aromatic rings. The lowest BCUT2D eigenvalue weighted by Crippen LogP contribution is -2.28. The number of hydrogen-bond donors (Lipinski definition) is 2. The van der Waals surface area contributed by atoms with Crippen LogP contribution in [-0.2, 0) is 0 Å². The Kier molecular flexibility index (Phi) is 3.29. The lowest BCUT2D eigenvalue weighted by Gasteiger charge is -2.13. The van der Waals surface area contributed by atoms with E-state index in [2.05, 4.69) is 5.43 Å². The minimum atomic E-state index is -0.173. The van der Waals surface area contributed by atoms with Gasteiger partial charge in [0, 0.05) is 0 Å². The molecule has 0 fully saturated rings. The summed E-state index contributed by atoms with van der Waals surface area (Å²) in [6.07, 6.45) is 0. The predicted molar refractivity (Wildman–Crippen MR) is 64.1 cm³/mol. The van der Waals surface area contributed by atoms with Crippen LogP contribution in [0.25, 0.3) is 0 Å². The summed E-state index contributed by atoms with van der Waals surface area (Å²) in [5.74, 6) is 6.24. The van der Waals surface area contributed by atoms with Crippen LogP contribution in [0, 0.1) is 6.92 Å². The standard InChI is InChI=1S/C12H13ClN2O/c1-8-2-4-9(5-3-8)12(15-14)10-6-7-11(13)16-10/h2-7,12,15H,14H2,1H3. The second kappa shape index (κ2) is 4.70. The van der Waals surface area contributed by atoms with Crippen molar-refractivity contribution in [3.8, 4) is 0 Å². The molecule has 2 rings (SSSR count). The van der Waals surface area contributed by atoms with Crippen molar-refractivity contribution in [1.82, 2.24) is 5.43 Å². The van der Waals surface area contributed by atoms with Gasteiger partial charge in [-0.1, -0.05) is 29.8 Å². The summed E-state index contributed by atoms with van der Waals surface area (Å²) in [5, 5.41) is 0.363. The van der Waals surface area contributed by atoms with E-state index >= 15 is 0 Å². The molecule has 4 heteroatoms. The Morgan fingerprint density at radius 3 is 2.38 bits per heavy atom. The minimum Gasteiger partial charge on any atom is -0.448 e. The van der Waals surface area contributed by atoms with Crippen molar-refractivity contribution in [1.29, 1.82) is 0 Å². The highest BCUT2D eigenvalue weighted by molar-refractivity contribution is 6.28. The fourth-order valence-electron chi connectivity index (χ4n) is 1.58. The Bertz CT molecular complexity index is 464. The van der Waals surface area contributed by atoms with E-state index in [1.54, 1.807) is 6.07 Å². The van der Waals surface area contributed by atoms with Crippen molar-refractivity contribution in [3.63, 3.8) is 0 Å². The fraction of sp³-hybridized carbons (Fsp3) is 0.167. The highest BCUT2D eigenvalue weighted by Gasteiger charge is 2.15. The largest absolute Gasteiger partial charge is 0.448 e. The molecule has 0 aliphatic heterocycles. The molecule has 1 aromatic carbocycles. The summed E-state index contributed by atoms with van der Waals surface area (Å²) in [7, 11) is 0. The summed E-state index contributed by atoms with van der Waals surface area (Å²) in [6, 6.07) is 11.4. The second-order valence-electron chi connectivity index (χ2n) is 3.65. The van der Waals surface area contributed by atoms with Gasteiger partial charge in [0.05, 0.1) is 0 Å². The number of hydrogen-bond acceptors (Lipinski definition) is 3. The van der Waals surface area contributed by atoms with E-state index < -0.39 is 0 Å². The molecule has 84 valence electrons. The topological polar surface area (TPSA) is 51.2 Å². The summed E-state index contributed by atoms with van der Waals surface area (Å²) < 4.78 is 5.34. The third-order valence-electron chi connectivity index (χ3n) is 2.46. The summed E-state index contributed by atoms with van der Waals surface area (Å²) in [4.78, 5) is 0.